The van der Waals surface area contributed by atoms with E-state index in [2.05, 4.69) is 0 Å². The predicted molar refractivity (Wildman–Crippen MR) is 73.9 cm³/mol. The van der Waals surface area contributed by atoms with Crippen LogP contribution < -0.4 is 4.74 Å². The number of carbonyl (C=O) groups excluding carboxylic acids is 1. The molecule has 1 fully saturated rings. The van der Waals surface area contributed by atoms with E-state index in [-0.39, 0.29) is 18.4 Å². The van der Waals surface area contributed by atoms with Crippen molar-refractivity contribution in [3.8, 4) is 5.75 Å². The highest BCUT2D eigenvalue weighted by molar-refractivity contribution is 5.94. The fraction of sp³-hybridized carbons (Fsp3) is 0.467. The Hall–Kier alpha value is -2.04. The molecule has 108 valence electrons. The number of hydrogen-bond donors (Lipinski definition) is 1. The molecule has 1 amide bonds. The first-order valence-corrected chi connectivity index (χ1v) is 6.78. The lowest BCUT2D eigenvalue weighted by Crippen LogP contribution is -2.44. The molecule has 1 aliphatic heterocycles. The number of carboxylic acid groups (broad SMARTS) is 1. The van der Waals surface area contributed by atoms with E-state index in [0.29, 0.717) is 17.9 Å². The number of amides is 1. The van der Waals surface area contributed by atoms with Crippen molar-refractivity contribution in [3.63, 3.8) is 0 Å². The maximum absolute atomic E-state index is 12.5. The molecule has 5 heteroatoms. The highest BCUT2D eigenvalue weighted by Gasteiger charge is 2.28. The monoisotopic (exact) mass is 277 g/mol. The maximum atomic E-state index is 12.5. The van der Waals surface area contributed by atoms with Crippen molar-refractivity contribution in [1.82, 2.24) is 4.90 Å². The van der Waals surface area contributed by atoms with E-state index in [1.54, 1.807) is 36.3 Å². The number of hydrogen-bond acceptors (Lipinski definition) is 3. The topological polar surface area (TPSA) is 66.8 Å². The van der Waals surface area contributed by atoms with Gasteiger partial charge in [-0.2, -0.15) is 0 Å². The molecular weight excluding hydrogens is 258 g/mol. The van der Waals surface area contributed by atoms with Crippen molar-refractivity contribution < 1.29 is 19.4 Å². The summed E-state index contributed by atoms with van der Waals surface area (Å²) >= 11 is 0. The summed E-state index contributed by atoms with van der Waals surface area (Å²) in [5.41, 5.74) is 0.572. The lowest BCUT2D eigenvalue weighted by molar-refractivity contribution is -0.138. The first kappa shape index (κ1) is 14.4. The molecule has 0 aromatic heterocycles. The third-order valence-electron chi connectivity index (χ3n) is 3.64. The van der Waals surface area contributed by atoms with Crippen LogP contribution in [0.2, 0.25) is 0 Å². The Bertz CT molecular complexity index is 483. The van der Waals surface area contributed by atoms with Crippen LogP contribution in [0.25, 0.3) is 0 Å². The second kappa shape index (κ2) is 6.41. The molecule has 0 spiro atoms. The third-order valence-corrected chi connectivity index (χ3v) is 3.64. The van der Waals surface area contributed by atoms with E-state index >= 15 is 0 Å². The van der Waals surface area contributed by atoms with Gasteiger partial charge in [0.2, 0.25) is 0 Å². The molecule has 0 saturated carbocycles. The van der Waals surface area contributed by atoms with Crippen molar-refractivity contribution in [2.75, 3.05) is 13.7 Å². The molecule has 5 nitrogen and oxygen atoms in total. The van der Waals surface area contributed by atoms with E-state index in [1.807, 2.05) is 0 Å². The number of nitrogens with zero attached hydrogens (tertiary/aromatic N) is 1. The molecule has 0 radical (unpaired) electrons. The normalized spacial score (nSPS) is 18.6. The van der Waals surface area contributed by atoms with Crippen LogP contribution in [0.15, 0.2) is 24.3 Å². The van der Waals surface area contributed by atoms with Crippen molar-refractivity contribution in [2.45, 2.75) is 31.7 Å². The van der Waals surface area contributed by atoms with Crippen LogP contribution in [0.4, 0.5) is 0 Å². The number of carboxylic acids is 1. The molecule has 1 aliphatic rings. The van der Waals surface area contributed by atoms with Crippen molar-refractivity contribution in [2.24, 2.45) is 0 Å². The van der Waals surface area contributed by atoms with E-state index in [4.69, 9.17) is 9.84 Å². The Balaban J connectivity index is 2.13. The summed E-state index contributed by atoms with van der Waals surface area (Å²) in [7, 11) is 1.57. The number of rotatable bonds is 4. The van der Waals surface area contributed by atoms with E-state index in [9.17, 15) is 9.59 Å². The molecule has 20 heavy (non-hydrogen) atoms. The zero-order valence-electron chi connectivity index (χ0n) is 11.5. The van der Waals surface area contributed by atoms with Crippen LogP contribution in [0, 0.1) is 0 Å². The number of carbonyl (C=O) groups is 2. The summed E-state index contributed by atoms with van der Waals surface area (Å²) < 4.78 is 5.07. The second-order valence-electron chi connectivity index (χ2n) is 4.97. The summed E-state index contributed by atoms with van der Waals surface area (Å²) in [6.45, 7) is 0.628. The molecule has 2 rings (SSSR count). The quantitative estimate of drug-likeness (QED) is 0.916. The first-order chi connectivity index (χ1) is 9.61. The minimum Gasteiger partial charge on any atom is -0.497 e. The highest BCUT2D eigenvalue weighted by atomic mass is 16.5. The Labute approximate surface area is 118 Å². The number of methoxy groups -OCH3 is 1. The second-order valence-corrected chi connectivity index (χ2v) is 4.97. The zero-order chi connectivity index (χ0) is 14.5. The lowest BCUT2D eigenvalue weighted by atomic mass is 9.98. The van der Waals surface area contributed by atoms with Gasteiger partial charge in [0.05, 0.1) is 13.5 Å². The Morgan fingerprint density at radius 3 is 2.60 bits per heavy atom. The molecule has 0 bridgehead atoms. The highest BCUT2D eigenvalue weighted by Crippen LogP contribution is 2.23. The summed E-state index contributed by atoms with van der Waals surface area (Å²) in [5.74, 6) is -0.259. The van der Waals surface area contributed by atoms with Gasteiger partial charge in [-0.1, -0.05) is 0 Å². The van der Waals surface area contributed by atoms with Gasteiger partial charge in [-0.05, 0) is 43.5 Å². The Kier molecular flexibility index (Phi) is 4.61. The van der Waals surface area contributed by atoms with Crippen LogP contribution in [0.1, 0.15) is 36.0 Å². The van der Waals surface area contributed by atoms with Gasteiger partial charge in [-0.25, -0.2) is 0 Å². The smallest absolute Gasteiger partial charge is 0.305 e. The number of piperidine rings is 1. The number of likely N-dealkylation sites (tertiary alicyclic amines) is 1. The molecular formula is C15H19NO4. The van der Waals surface area contributed by atoms with Crippen LogP contribution in [0.5, 0.6) is 5.75 Å². The first-order valence-electron chi connectivity index (χ1n) is 6.78. The van der Waals surface area contributed by atoms with Gasteiger partial charge in [-0.15, -0.1) is 0 Å². The number of aliphatic carboxylic acids is 1. The molecule has 1 unspecified atom stereocenters. The summed E-state index contributed by atoms with van der Waals surface area (Å²) in [6.07, 6.45) is 2.68. The molecule has 0 aliphatic carbocycles. The van der Waals surface area contributed by atoms with Crippen LogP contribution >= 0.6 is 0 Å². The predicted octanol–water partition coefficient (Wildman–Crippen LogP) is 2.16. The minimum absolute atomic E-state index is 0.0158. The van der Waals surface area contributed by atoms with Crippen LogP contribution in [0.3, 0.4) is 0 Å². The van der Waals surface area contributed by atoms with Gasteiger partial charge in [0.1, 0.15) is 5.75 Å². The average Bonchev–Trinajstić information content (AvgIpc) is 2.46. The standard InChI is InChI=1S/C15H19NO4/c1-20-13-7-5-11(6-8-13)15(19)16-9-3-2-4-12(16)10-14(17)18/h5-8,12H,2-4,9-10H2,1H3,(H,17,18). The zero-order valence-corrected chi connectivity index (χ0v) is 11.5. The number of ether oxygens (including phenoxy) is 1. The molecule has 1 atom stereocenters. The Morgan fingerprint density at radius 1 is 1.30 bits per heavy atom. The van der Waals surface area contributed by atoms with Crippen molar-refractivity contribution in [1.29, 1.82) is 0 Å². The van der Waals surface area contributed by atoms with Gasteiger partial charge < -0.3 is 14.7 Å². The van der Waals surface area contributed by atoms with Gasteiger partial charge in [-0.3, -0.25) is 9.59 Å². The van der Waals surface area contributed by atoms with Crippen LogP contribution in [-0.4, -0.2) is 41.6 Å². The average molecular weight is 277 g/mol. The SMILES string of the molecule is COc1ccc(C(=O)N2CCCCC2CC(=O)O)cc1. The van der Waals surface area contributed by atoms with Crippen LogP contribution in [-0.2, 0) is 4.79 Å². The molecule has 1 aromatic rings. The maximum Gasteiger partial charge on any atom is 0.305 e. The fourth-order valence-corrected chi connectivity index (χ4v) is 2.58. The van der Waals surface area contributed by atoms with Gasteiger partial charge in [0, 0.05) is 18.2 Å². The van der Waals surface area contributed by atoms with E-state index < -0.39 is 5.97 Å². The molecule has 1 aromatic carbocycles. The molecule has 1 N–H and O–H groups in total. The van der Waals surface area contributed by atoms with Gasteiger partial charge in [0.25, 0.3) is 5.91 Å². The molecule has 1 heterocycles. The number of benzene rings is 1. The van der Waals surface area contributed by atoms with Gasteiger partial charge in [0.15, 0.2) is 0 Å². The molecule has 1 saturated heterocycles. The third kappa shape index (κ3) is 3.29. The Morgan fingerprint density at radius 2 is 2.00 bits per heavy atom. The largest absolute Gasteiger partial charge is 0.497 e. The van der Waals surface area contributed by atoms with Crippen molar-refractivity contribution in [3.05, 3.63) is 29.8 Å². The lowest BCUT2D eigenvalue weighted by Gasteiger charge is -2.35. The van der Waals surface area contributed by atoms with Gasteiger partial charge >= 0.3 is 5.97 Å². The fourth-order valence-electron chi connectivity index (χ4n) is 2.58. The summed E-state index contributed by atoms with van der Waals surface area (Å²) in [4.78, 5) is 25.1. The minimum atomic E-state index is -0.857. The van der Waals surface area contributed by atoms with Crippen molar-refractivity contribution >= 4 is 11.9 Å². The summed E-state index contributed by atoms with van der Waals surface area (Å²) in [5, 5.41) is 8.95. The van der Waals surface area contributed by atoms with E-state index in [0.717, 1.165) is 19.3 Å². The summed E-state index contributed by atoms with van der Waals surface area (Å²) in [6, 6.07) is 6.71. The van der Waals surface area contributed by atoms with E-state index in [1.165, 1.54) is 0 Å².